The van der Waals surface area contributed by atoms with Gasteiger partial charge in [-0.15, -0.1) is 0 Å². The van der Waals surface area contributed by atoms with E-state index < -0.39 is 5.97 Å². The van der Waals surface area contributed by atoms with Gasteiger partial charge in [-0.2, -0.15) is 0 Å². The number of rotatable bonds is 11. The van der Waals surface area contributed by atoms with Crippen molar-refractivity contribution in [2.24, 2.45) is 0 Å². The molecule has 0 aromatic heterocycles. The number of carbonyl (C=O) groups is 2. The largest absolute Gasteiger partial charge is 0.550 e. The van der Waals surface area contributed by atoms with Crippen LogP contribution in [0, 0.1) is 0 Å². The number of ether oxygens (including phenoxy) is 2. The normalized spacial score (nSPS) is 10.3. The second-order valence-corrected chi connectivity index (χ2v) is 5.96. The SMILES string of the molecule is CCOc1cc(CCNC(=O)CCC(=O)[O-])ccc1OCc1ccccc1. The third-order valence-corrected chi connectivity index (χ3v) is 3.84. The van der Waals surface area contributed by atoms with Gasteiger partial charge in [-0.1, -0.05) is 36.4 Å². The molecule has 6 nitrogen and oxygen atoms in total. The summed E-state index contributed by atoms with van der Waals surface area (Å²) < 4.78 is 11.5. The summed E-state index contributed by atoms with van der Waals surface area (Å²) in [4.78, 5) is 21.9. The molecule has 0 atom stereocenters. The molecule has 2 aromatic rings. The topological polar surface area (TPSA) is 87.7 Å². The number of hydrogen-bond acceptors (Lipinski definition) is 5. The second-order valence-electron chi connectivity index (χ2n) is 5.96. The quantitative estimate of drug-likeness (QED) is 0.652. The number of aliphatic carboxylic acids is 1. The van der Waals surface area contributed by atoms with Gasteiger partial charge in [0.2, 0.25) is 5.91 Å². The van der Waals surface area contributed by atoms with Crippen molar-refractivity contribution in [3.05, 3.63) is 59.7 Å². The molecule has 0 aliphatic carbocycles. The predicted octanol–water partition coefficient (Wildman–Crippen LogP) is 1.85. The third kappa shape index (κ3) is 7.40. The lowest BCUT2D eigenvalue weighted by atomic mass is 10.1. The summed E-state index contributed by atoms with van der Waals surface area (Å²) in [6.45, 7) is 3.30. The highest BCUT2D eigenvalue weighted by molar-refractivity contribution is 5.79. The van der Waals surface area contributed by atoms with Gasteiger partial charge in [0.15, 0.2) is 11.5 Å². The Morgan fingerprint density at radius 3 is 2.44 bits per heavy atom. The Kier molecular flexibility index (Phi) is 8.16. The highest BCUT2D eigenvalue weighted by Gasteiger charge is 2.08. The number of hydrogen-bond donors (Lipinski definition) is 1. The lowest BCUT2D eigenvalue weighted by molar-refractivity contribution is -0.305. The molecule has 1 amide bonds. The van der Waals surface area contributed by atoms with Crippen molar-refractivity contribution in [1.29, 1.82) is 0 Å². The van der Waals surface area contributed by atoms with Gasteiger partial charge in [0, 0.05) is 18.9 Å². The zero-order valence-corrected chi connectivity index (χ0v) is 15.4. The average molecular weight is 370 g/mol. The second kappa shape index (κ2) is 10.9. The molecule has 0 bridgehead atoms. The molecule has 0 saturated carbocycles. The summed E-state index contributed by atoms with van der Waals surface area (Å²) in [7, 11) is 0. The fourth-order valence-electron chi connectivity index (χ4n) is 2.48. The minimum atomic E-state index is -1.22. The predicted molar refractivity (Wildman–Crippen MR) is 99.3 cm³/mol. The van der Waals surface area contributed by atoms with Crippen LogP contribution in [0.5, 0.6) is 11.5 Å². The highest BCUT2D eigenvalue weighted by Crippen LogP contribution is 2.29. The Morgan fingerprint density at radius 2 is 1.74 bits per heavy atom. The first-order valence-corrected chi connectivity index (χ1v) is 8.97. The van der Waals surface area contributed by atoms with E-state index in [4.69, 9.17) is 9.47 Å². The molecule has 0 fully saturated rings. The van der Waals surface area contributed by atoms with E-state index >= 15 is 0 Å². The van der Waals surface area contributed by atoms with Crippen LogP contribution in [-0.4, -0.2) is 25.0 Å². The van der Waals surface area contributed by atoms with Gasteiger partial charge in [0.05, 0.1) is 6.61 Å². The van der Waals surface area contributed by atoms with Gasteiger partial charge in [0.1, 0.15) is 6.61 Å². The van der Waals surface area contributed by atoms with Gasteiger partial charge in [-0.3, -0.25) is 4.79 Å². The maximum absolute atomic E-state index is 11.5. The van der Waals surface area contributed by atoms with Crippen molar-refractivity contribution in [2.75, 3.05) is 13.2 Å². The summed E-state index contributed by atoms with van der Waals surface area (Å²) in [5.74, 6) is -0.193. The molecule has 27 heavy (non-hydrogen) atoms. The van der Waals surface area contributed by atoms with Crippen LogP contribution in [0.1, 0.15) is 30.9 Å². The van der Waals surface area contributed by atoms with Crippen molar-refractivity contribution >= 4 is 11.9 Å². The van der Waals surface area contributed by atoms with Crippen LogP contribution in [-0.2, 0) is 22.6 Å². The molecule has 0 heterocycles. The van der Waals surface area contributed by atoms with Crippen LogP contribution < -0.4 is 19.9 Å². The van der Waals surface area contributed by atoms with E-state index in [-0.39, 0.29) is 18.7 Å². The van der Waals surface area contributed by atoms with Crippen molar-refractivity contribution in [3.63, 3.8) is 0 Å². The molecule has 1 N–H and O–H groups in total. The fourth-order valence-corrected chi connectivity index (χ4v) is 2.48. The number of carboxylic acid groups (broad SMARTS) is 1. The number of carboxylic acids is 1. The van der Waals surface area contributed by atoms with Crippen LogP contribution >= 0.6 is 0 Å². The van der Waals surface area contributed by atoms with E-state index in [1.54, 1.807) is 0 Å². The molecule has 0 spiro atoms. The van der Waals surface area contributed by atoms with Crippen molar-refractivity contribution in [3.8, 4) is 11.5 Å². The minimum Gasteiger partial charge on any atom is -0.550 e. The van der Waals surface area contributed by atoms with Crippen molar-refractivity contribution in [2.45, 2.75) is 32.8 Å². The highest BCUT2D eigenvalue weighted by atomic mass is 16.5. The lowest BCUT2D eigenvalue weighted by Gasteiger charge is -2.14. The molecule has 0 aliphatic heterocycles. The van der Waals surface area contributed by atoms with Gasteiger partial charge < -0.3 is 24.7 Å². The van der Waals surface area contributed by atoms with Crippen molar-refractivity contribution in [1.82, 2.24) is 5.32 Å². The zero-order chi connectivity index (χ0) is 19.5. The first-order valence-electron chi connectivity index (χ1n) is 8.97. The number of nitrogens with one attached hydrogen (secondary N) is 1. The van der Waals surface area contributed by atoms with E-state index in [1.165, 1.54) is 0 Å². The molecule has 6 heteroatoms. The average Bonchev–Trinajstić information content (AvgIpc) is 2.67. The Balaban J connectivity index is 1.89. The van der Waals surface area contributed by atoms with E-state index in [2.05, 4.69) is 5.32 Å². The molecular weight excluding hydrogens is 346 g/mol. The number of amides is 1. The van der Waals surface area contributed by atoms with Crippen LogP contribution in [0.3, 0.4) is 0 Å². The standard InChI is InChI=1S/C21H25NO5/c1-2-26-19-14-16(12-13-22-20(23)10-11-21(24)25)8-9-18(19)27-15-17-6-4-3-5-7-17/h3-9,14H,2,10-13,15H2,1H3,(H,22,23)(H,24,25)/p-1. The fraction of sp³-hybridized carbons (Fsp3) is 0.333. The maximum atomic E-state index is 11.5. The molecule has 0 saturated heterocycles. The smallest absolute Gasteiger partial charge is 0.220 e. The number of benzene rings is 2. The maximum Gasteiger partial charge on any atom is 0.220 e. The first kappa shape index (κ1) is 20.3. The Labute approximate surface area is 159 Å². The van der Waals surface area contributed by atoms with Gasteiger partial charge in [-0.05, 0) is 43.0 Å². The Hall–Kier alpha value is -3.02. The molecule has 2 aromatic carbocycles. The van der Waals surface area contributed by atoms with E-state index in [0.29, 0.717) is 37.7 Å². The zero-order valence-electron chi connectivity index (χ0n) is 15.4. The van der Waals surface area contributed by atoms with Crippen molar-refractivity contribution < 1.29 is 24.2 Å². The van der Waals surface area contributed by atoms with Gasteiger partial charge in [-0.25, -0.2) is 0 Å². The van der Waals surface area contributed by atoms with Crippen LogP contribution in [0.2, 0.25) is 0 Å². The molecule has 0 unspecified atom stereocenters. The Morgan fingerprint density at radius 1 is 0.963 bits per heavy atom. The summed E-state index contributed by atoms with van der Waals surface area (Å²) in [6.07, 6.45) is 0.267. The van der Waals surface area contributed by atoms with Crippen LogP contribution in [0.4, 0.5) is 0 Å². The van der Waals surface area contributed by atoms with E-state index in [1.807, 2.05) is 55.5 Å². The van der Waals surface area contributed by atoms with Gasteiger partial charge >= 0.3 is 0 Å². The van der Waals surface area contributed by atoms with Crippen LogP contribution in [0.25, 0.3) is 0 Å². The number of carbonyl (C=O) groups excluding carboxylic acids is 2. The summed E-state index contributed by atoms with van der Waals surface area (Å²) >= 11 is 0. The summed E-state index contributed by atoms with van der Waals surface area (Å²) in [5, 5.41) is 13.1. The molecule has 144 valence electrons. The monoisotopic (exact) mass is 370 g/mol. The summed E-state index contributed by atoms with van der Waals surface area (Å²) in [5.41, 5.74) is 2.06. The van der Waals surface area contributed by atoms with E-state index in [9.17, 15) is 14.7 Å². The Bertz CT molecular complexity index is 745. The van der Waals surface area contributed by atoms with Gasteiger partial charge in [0.25, 0.3) is 0 Å². The minimum absolute atomic E-state index is 0.0706. The summed E-state index contributed by atoms with van der Waals surface area (Å²) in [6, 6.07) is 15.6. The third-order valence-electron chi connectivity index (χ3n) is 3.84. The first-order chi connectivity index (χ1) is 13.1. The molecule has 0 radical (unpaired) electrons. The molecular formula is C21H24NO5-. The molecule has 0 aliphatic rings. The van der Waals surface area contributed by atoms with E-state index in [0.717, 1.165) is 11.1 Å². The molecule has 2 rings (SSSR count). The van der Waals surface area contributed by atoms with Crippen LogP contribution in [0.15, 0.2) is 48.5 Å². The lowest BCUT2D eigenvalue weighted by Crippen LogP contribution is -2.29.